The fourth-order valence-corrected chi connectivity index (χ4v) is 3.69. The highest BCUT2D eigenvalue weighted by molar-refractivity contribution is 7.99. The van der Waals surface area contributed by atoms with Crippen LogP contribution in [0.25, 0.3) is 11.1 Å². The molecule has 3 heterocycles. The van der Waals surface area contributed by atoms with Crippen LogP contribution in [0.4, 0.5) is 0 Å². The molecule has 0 atom stereocenters. The Morgan fingerprint density at radius 1 is 1.33 bits per heavy atom. The van der Waals surface area contributed by atoms with Crippen LogP contribution in [0.3, 0.4) is 0 Å². The fraction of sp³-hybridized carbons (Fsp3) is 0.400. The van der Waals surface area contributed by atoms with Crippen molar-refractivity contribution < 1.29 is 4.79 Å². The van der Waals surface area contributed by atoms with E-state index in [1.807, 2.05) is 23.9 Å². The lowest BCUT2D eigenvalue weighted by molar-refractivity contribution is 0.0942. The molecule has 0 spiro atoms. The van der Waals surface area contributed by atoms with Crippen molar-refractivity contribution in [2.75, 3.05) is 18.1 Å². The van der Waals surface area contributed by atoms with Gasteiger partial charge in [0.05, 0.1) is 6.20 Å². The number of nitrogens with one attached hydrogen (secondary N) is 2. The second-order valence-corrected chi connectivity index (χ2v) is 6.39. The number of pyridine rings is 1. The fourth-order valence-electron chi connectivity index (χ4n) is 2.49. The van der Waals surface area contributed by atoms with Crippen molar-refractivity contribution in [3.8, 4) is 11.1 Å². The minimum atomic E-state index is -0.0856. The molecule has 2 aromatic rings. The summed E-state index contributed by atoms with van der Waals surface area (Å²) < 4.78 is 0. The van der Waals surface area contributed by atoms with Gasteiger partial charge in [0.15, 0.2) is 0 Å². The quantitative estimate of drug-likeness (QED) is 0.909. The number of aromatic nitrogens is 3. The van der Waals surface area contributed by atoms with Gasteiger partial charge in [0.25, 0.3) is 5.91 Å². The molecule has 3 rings (SSSR count). The van der Waals surface area contributed by atoms with Crippen LogP contribution in [0.5, 0.6) is 0 Å². The van der Waals surface area contributed by atoms with Gasteiger partial charge in [-0.3, -0.25) is 14.9 Å². The summed E-state index contributed by atoms with van der Waals surface area (Å²) in [6, 6.07) is 3.75. The summed E-state index contributed by atoms with van der Waals surface area (Å²) in [7, 11) is 0. The van der Waals surface area contributed by atoms with Crippen molar-refractivity contribution in [2.45, 2.75) is 12.8 Å². The predicted molar refractivity (Wildman–Crippen MR) is 84.2 cm³/mol. The molecule has 1 aliphatic rings. The monoisotopic (exact) mass is 302 g/mol. The molecule has 0 aliphatic carbocycles. The molecule has 5 nitrogen and oxygen atoms in total. The van der Waals surface area contributed by atoms with E-state index in [-0.39, 0.29) is 5.91 Å². The normalized spacial score (nSPS) is 15.8. The van der Waals surface area contributed by atoms with Crippen LogP contribution in [-0.4, -0.2) is 39.1 Å². The van der Waals surface area contributed by atoms with Crippen molar-refractivity contribution in [1.82, 2.24) is 20.5 Å². The van der Waals surface area contributed by atoms with Crippen LogP contribution in [-0.2, 0) is 0 Å². The number of carbonyl (C=O) groups is 1. The summed E-state index contributed by atoms with van der Waals surface area (Å²) >= 11 is 2.00. The topological polar surface area (TPSA) is 70.7 Å². The van der Waals surface area contributed by atoms with Crippen LogP contribution in [0, 0.1) is 5.92 Å². The molecule has 21 heavy (non-hydrogen) atoms. The van der Waals surface area contributed by atoms with Crippen LogP contribution in [0.1, 0.15) is 23.3 Å². The van der Waals surface area contributed by atoms with Gasteiger partial charge in [0.1, 0.15) is 5.69 Å². The number of aromatic amines is 1. The van der Waals surface area contributed by atoms with Crippen LogP contribution in [0.2, 0.25) is 0 Å². The van der Waals surface area contributed by atoms with Gasteiger partial charge < -0.3 is 5.32 Å². The molecule has 0 bridgehead atoms. The summed E-state index contributed by atoms with van der Waals surface area (Å²) in [6.45, 7) is 0.744. The molecule has 110 valence electrons. The zero-order chi connectivity index (χ0) is 14.5. The Kier molecular flexibility index (Phi) is 4.55. The van der Waals surface area contributed by atoms with Crippen molar-refractivity contribution in [3.63, 3.8) is 0 Å². The molecular formula is C15H18N4OS. The molecule has 0 radical (unpaired) electrons. The average molecular weight is 302 g/mol. The number of amides is 1. The maximum absolute atomic E-state index is 12.3. The van der Waals surface area contributed by atoms with E-state index in [0.29, 0.717) is 11.6 Å². The van der Waals surface area contributed by atoms with E-state index < -0.39 is 0 Å². The van der Waals surface area contributed by atoms with E-state index in [1.54, 1.807) is 18.6 Å². The Hall–Kier alpha value is -1.82. The van der Waals surface area contributed by atoms with Gasteiger partial charge in [0.2, 0.25) is 0 Å². The zero-order valence-corrected chi connectivity index (χ0v) is 12.5. The summed E-state index contributed by atoms with van der Waals surface area (Å²) in [4.78, 5) is 16.3. The van der Waals surface area contributed by atoms with Gasteiger partial charge in [-0.15, -0.1) is 0 Å². The van der Waals surface area contributed by atoms with Gasteiger partial charge >= 0.3 is 0 Å². The molecule has 2 aromatic heterocycles. The number of H-pyrrole nitrogens is 1. The Morgan fingerprint density at radius 3 is 2.86 bits per heavy atom. The van der Waals surface area contributed by atoms with Crippen molar-refractivity contribution in [3.05, 3.63) is 36.4 Å². The molecule has 0 unspecified atom stereocenters. The number of nitrogens with zero attached hydrogens (tertiary/aromatic N) is 2. The minimum absolute atomic E-state index is 0.0856. The predicted octanol–water partition coefficient (Wildman–Crippen LogP) is 2.34. The van der Waals surface area contributed by atoms with Gasteiger partial charge in [-0.1, -0.05) is 0 Å². The van der Waals surface area contributed by atoms with E-state index in [4.69, 9.17) is 0 Å². The van der Waals surface area contributed by atoms with Gasteiger partial charge in [0, 0.05) is 24.5 Å². The SMILES string of the molecule is O=C(NCC1CCSCC1)c1[nH]ncc1-c1ccncc1. The highest BCUT2D eigenvalue weighted by atomic mass is 32.2. The number of rotatable bonds is 4. The van der Waals surface area contributed by atoms with E-state index >= 15 is 0 Å². The molecule has 0 saturated carbocycles. The summed E-state index contributed by atoms with van der Waals surface area (Å²) in [5.41, 5.74) is 2.28. The second-order valence-electron chi connectivity index (χ2n) is 5.16. The third kappa shape index (κ3) is 3.44. The first kappa shape index (κ1) is 14.1. The molecular weight excluding hydrogens is 284 g/mol. The maximum atomic E-state index is 12.3. The van der Waals surface area contributed by atoms with E-state index in [0.717, 1.165) is 17.7 Å². The van der Waals surface area contributed by atoms with Gasteiger partial charge in [-0.25, -0.2) is 0 Å². The summed E-state index contributed by atoms with van der Waals surface area (Å²) in [5, 5.41) is 9.84. The average Bonchev–Trinajstić information content (AvgIpc) is 3.04. The Morgan fingerprint density at radius 2 is 2.10 bits per heavy atom. The molecule has 0 aromatic carbocycles. The Balaban J connectivity index is 1.66. The number of hydrogen-bond donors (Lipinski definition) is 2. The zero-order valence-electron chi connectivity index (χ0n) is 11.7. The van der Waals surface area contributed by atoms with Crippen molar-refractivity contribution >= 4 is 17.7 Å². The van der Waals surface area contributed by atoms with Crippen LogP contribution >= 0.6 is 11.8 Å². The Labute approximate surface area is 127 Å². The first-order chi connectivity index (χ1) is 10.3. The number of thioether (sulfide) groups is 1. The largest absolute Gasteiger partial charge is 0.350 e. The molecule has 1 amide bonds. The van der Waals surface area contributed by atoms with Crippen LogP contribution in [0.15, 0.2) is 30.7 Å². The molecule has 2 N–H and O–H groups in total. The third-order valence-electron chi connectivity index (χ3n) is 3.75. The lowest BCUT2D eigenvalue weighted by Gasteiger charge is -2.21. The lowest BCUT2D eigenvalue weighted by atomic mass is 10.0. The smallest absolute Gasteiger partial charge is 0.269 e. The first-order valence-corrected chi connectivity index (χ1v) is 8.30. The van der Waals surface area contributed by atoms with Gasteiger partial charge in [-0.05, 0) is 48.0 Å². The minimum Gasteiger partial charge on any atom is -0.350 e. The third-order valence-corrected chi connectivity index (χ3v) is 4.80. The van der Waals surface area contributed by atoms with Crippen molar-refractivity contribution in [1.29, 1.82) is 0 Å². The molecule has 1 saturated heterocycles. The highest BCUT2D eigenvalue weighted by Gasteiger charge is 2.18. The molecule has 6 heteroatoms. The van der Waals surface area contributed by atoms with Crippen molar-refractivity contribution in [2.24, 2.45) is 5.92 Å². The standard InChI is InChI=1S/C15H18N4OS/c20-15(17-9-11-3-7-21-8-4-11)14-13(10-18-19-14)12-1-5-16-6-2-12/h1-2,5-6,10-11H,3-4,7-9H2,(H,17,20)(H,18,19). The Bertz CT molecular complexity index is 593. The first-order valence-electron chi connectivity index (χ1n) is 7.14. The summed E-state index contributed by atoms with van der Waals surface area (Å²) in [6.07, 6.45) is 7.48. The number of carbonyl (C=O) groups excluding carboxylic acids is 1. The van der Waals surface area contributed by atoms with Gasteiger partial charge in [-0.2, -0.15) is 16.9 Å². The summed E-state index contributed by atoms with van der Waals surface area (Å²) in [5.74, 6) is 2.92. The highest BCUT2D eigenvalue weighted by Crippen LogP contribution is 2.23. The molecule has 1 fully saturated rings. The van der Waals surface area contributed by atoms with E-state index in [9.17, 15) is 4.79 Å². The van der Waals surface area contributed by atoms with E-state index in [1.165, 1.54) is 24.3 Å². The lowest BCUT2D eigenvalue weighted by Crippen LogP contribution is -2.31. The van der Waals surface area contributed by atoms with E-state index in [2.05, 4.69) is 20.5 Å². The number of hydrogen-bond acceptors (Lipinski definition) is 4. The molecule has 1 aliphatic heterocycles. The van der Waals surface area contributed by atoms with Crippen LogP contribution < -0.4 is 5.32 Å². The maximum Gasteiger partial charge on any atom is 0.269 e. The second kappa shape index (κ2) is 6.76.